The number of nitrogens with one attached hydrogen (secondary N) is 2. The Morgan fingerprint density at radius 3 is 3.00 bits per heavy atom. The number of amides is 1. The molecule has 0 spiro atoms. The second kappa shape index (κ2) is 6.32. The number of fused-ring (bicyclic) bond motifs is 1. The van der Waals surface area contributed by atoms with Crippen molar-refractivity contribution in [1.82, 2.24) is 25.1 Å². The third-order valence-corrected chi connectivity index (χ3v) is 5.06. The van der Waals surface area contributed by atoms with Gasteiger partial charge in [-0.25, -0.2) is 0 Å². The molecule has 1 fully saturated rings. The molecule has 0 unspecified atom stereocenters. The van der Waals surface area contributed by atoms with Gasteiger partial charge in [0.2, 0.25) is 5.91 Å². The first-order valence-corrected chi connectivity index (χ1v) is 9.17. The van der Waals surface area contributed by atoms with Gasteiger partial charge in [-0.3, -0.25) is 9.36 Å². The third-order valence-electron chi connectivity index (χ3n) is 4.11. The SMILES string of the molecule is CCNC(=O)CSc1nnc(-c2c[nH]c3ccccc23)n1C1CC1. The molecule has 3 aromatic rings. The Balaban J connectivity index is 1.68. The van der Waals surface area contributed by atoms with E-state index < -0.39 is 0 Å². The lowest BCUT2D eigenvalue weighted by atomic mass is 10.1. The monoisotopic (exact) mass is 341 g/mol. The normalized spacial score (nSPS) is 14.2. The quantitative estimate of drug-likeness (QED) is 0.676. The molecule has 4 rings (SSSR count). The van der Waals surface area contributed by atoms with Crippen molar-refractivity contribution in [3.05, 3.63) is 30.5 Å². The van der Waals surface area contributed by atoms with Crippen molar-refractivity contribution in [2.45, 2.75) is 31.0 Å². The summed E-state index contributed by atoms with van der Waals surface area (Å²) in [6.45, 7) is 2.57. The molecule has 1 amide bonds. The van der Waals surface area contributed by atoms with Crippen molar-refractivity contribution in [2.24, 2.45) is 0 Å². The van der Waals surface area contributed by atoms with Gasteiger partial charge in [0, 0.05) is 35.2 Å². The predicted molar refractivity (Wildman–Crippen MR) is 95.0 cm³/mol. The fraction of sp³-hybridized carbons (Fsp3) is 0.353. The summed E-state index contributed by atoms with van der Waals surface area (Å²) in [7, 11) is 0. The Morgan fingerprint density at radius 1 is 1.38 bits per heavy atom. The first-order chi connectivity index (χ1) is 11.8. The van der Waals surface area contributed by atoms with Crippen LogP contribution >= 0.6 is 11.8 Å². The summed E-state index contributed by atoms with van der Waals surface area (Å²) in [6, 6.07) is 8.64. The Hall–Kier alpha value is -2.28. The lowest BCUT2D eigenvalue weighted by Gasteiger charge is -2.08. The van der Waals surface area contributed by atoms with Crippen LogP contribution in [-0.2, 0) is 4.79 Å². The number of H-pyrrole nitrogens is 1. The number of hydrogen-bond acceptors (Lipinski definition) is 4. The van der Waals surface area contributed by atoms with Gasteiger partial charge in [-0.1, -0.05) is 30.0 Å². The smallest absolute Gasteiger partial charge is 0.230 e. The van der Waals surface area contributed by atoms with E-state index >= 15 is 0 Å². The highest BCUT2D eigenvalue weighted by Gasteiger charge is 2.31. The molecule has 6 nitrogen and oxygen atoms in total. The number of para-hydroxylation sites is 1. The van der Waals surface area contributed by atoms with Crippen molar-refractivity contribution >= 4 is 28.6 Å². The summed E-state index contributed by atoms with van der Waals surface area (Å²) in [6.07, 6.45) is 4.27. The highest BCUT2D eigenvalue weighted by molar-refractivity contribution is 7.99. The second-order valence-electron chi connectivity index (χ2n) is 5.90. The minimum absolute atomic E-state index is 0.0292. The van der Waals surface area contributed by atoms with Gasteiger partial charge in [0.25, 0.3) is 0 Å². The Morgan fingerprint density at radius 2 is 2.21 bits per heavy atom. The summed E-state index contributed by atoms with van der Waals surface area (Å²) >= 11 is 1.45. The largest absolute Gasteiger partial charge is 0.360 e. The number of thioether (sulfide) groups is 1. The molecule has 0 saturated heterocycles. The van der Waals surface area contributed by atoms with Crippen LogP contribution in [0.2, 0.25) is 0 Å². The number of benzene rings is 1. The van der Waals surface area contributed by atoms with Crippen LogP contribution in [0.3, 0.4) is 0 Å². The van der Waals surface area contributed by atoms with E-state index in [-0.39, 0.29) is 5.91 Å². The number of nitrogens with zero attached hydrogens (tertiary/aromatic N) is 3. The highest BCUT2D eigenvalue weighted by atomic mass is 32.2. The van der Waals surface area contributed by atoms with Crippen LogP contribution in [0, 0.1) is 0 Å². The van der Waals surface area contributed by atoms with Gasteiger partial charge in [0.05, 0.1) is 5.75 Å². The van der Waals surface area contributed by atoms with Gasteiger partial charge in [-0.15, -0.1) is 10.2 Å². The van der Waals surface area contributed by atoms with Crippen molar-refractivity contribution in [1.29, 1.82) is 0 Å². The number of rotatable bonds is 6. The molecule has 0 aliphatic heterocycles. The summed E-state index contributed by atoms with van der Waals surface area (Å²) in [5.74, 6) is 1.28. The van der Waals surface area contributed by atoms with Gasteiger partial charge in [0.1, 0.15) is 0 Å². The van der Waals surface area contributed by atoms with E-state index in [1.807, 2.05) is 25.3 Å². The van der Waals surface area contributed by atoms with Crippen LogP contribution < -0.4 is 5.32 Å². The molecular weight excluding hydrogens is 322 g/mol. The molecule has 124 valence electrons. The minimum atomic E-state index is 0.0292. The molecule has 1 aliphatic carbocycles. The molecule has 1 aromatic carbocycles. The number of carbonyl (C=O) groups is 1. The molecule has 2 heterocycles. The van der Waals surface area contributed by atoms with Crippen molar-refractivity contribution in [3.8, 4) is 11.4 Å². The van der Waals surface area contributed by atoms with E-state index in [1.54, 1.807) is 0 Å². The second-order valence-corrected chi connectivity index (χ2v) is 6.84. The zero-order valence-corrected chi connectivity index (χ0v) is 14.3. The minimum Gasteiger partial charge on any atom is -0.360 e. The van der Waals surface area contributed by atoms with Crippen LogP contribution in [-0.4, -0.2) is 38.0 Å². The Kier molecular flexibility index (Phi) is 4.02. The summed E-state index contributed by atoms with van der Waals surface area (Å²) in [4.78, 5) is 15.0. The van der Waals surface area contributed by atoms with Crippen LogP contribution in [0.25, 0.3) is 22.3 Å². The van der Waals surface area contributed by atoms with Gasteiger partial charge < -0.3 is 10.3 Å². The topological polar surface area (TPSA) is 75.6 Å². The first kappa shape index (κ1) is 15.3. The van der Waals surface area contributed by atoms with Crippen LogP contribution in [0.4, 0.5) is 0 Å². The highest BCUT2D eigenvalue weighted by Crippen LogP contribution is 2.42. The van der Waals surface area contributed by atoms with E-state index in [2.05, 4.69) is 37.2 Å². The predicted octanol–water partition coefficient (Wildman–Crippen LogP) is 2.99. The Bertz CT molecular complexity index is 880. The lowest BCUT2D eigenvalue weighted by molar-refractivity contribution is -0.118. The maximum absolute atomic E-state index is 11.7. The zero-order valence-electron chi connectivity index (χ0n) is 13.5. The average molecular weight is 341 g/mol. The van der Waals surface area contributed by atoms with E-state index in [9.17, 15) is 4.79 Å². The fourth-order valence-corrected chi connectivity index (χ4v) is 3.69. The number of aromatic nitrogens is 4. The standard InChI is InChI=1S/C17H19N5OS/c1-2-18-15(23)10-24-17-21-20-16(22(17)11-7-8-11)13-9-19-14-6-4-3-5-12(13)14/h3-6,9,11,19H,2,7-8,10H2,1H3,(H,18,23). The van der Waals surface area contributed by atoms with Crippen molar-refractivity contribution in [3.63, 3.8) is 0 Å². The van der Waals surface area contributed by atoms with E-state index in [4.69, 9.17) is 0 Å². The summed E-state index contributed by atoms with van der Waals surface area (Å²) in [5.41, 5.74) is 2.16. The van der Waals surface area contributed by atoms with Crippen LogP contribution in [0.1, 0.15) is 25.8 Å². The van der Waals surface area contributed by atoms with Gasteiger partial charge in [-0.2, -0.15) is 0 Å². The molecule has 0 radical (unpaired) electrons. The molecule has 7 heteroatoms. The van der Waals surface area contributed by atoms with Crippen LogP contribution in [0.15, 0.2) is 35.6 Å². The molecule has 2 N–H and O–H groups in total. The molecule has 24 heavy (non-hydrogen) atoms. The third kappa shape index (κ3) is 2.80. The molecular formula is C17H19N5OS. The Labute approximate surface area is 144 Å². The molecule has 0 atom stereocenters. The summed E-state index contributed by atoms with van der Waals surface area (Å²) < 4.78 is 2.19. The van der Waals surface area contributed by atoms with Crippen molar-refractivity contribution in [2.75, 3.05) is 12.3 Å². The van der Waals surface area contributed by atoms with Gasteiger partial charge in [0.15, 0.2) is 11.0 Å². The van der Waals surface area contributed by atoms with Gasteiger partial charge in [-0.05, 0) is 25.8 Å². The fourth-order valence-electron chi connectivity index (χ4n) is 2.86. The van der Waals surface area contributed by atoms with Gasteiger partial charge >= 0.3 is 0 Å². The van der Waals surface area contributed by atoms with Crippen molar-refractivity contribution < 1.29 is 4.79 Å². The lowest BCUT2D eigenvalue weighted by Crippen LogP contribution is -2.24. The first-order valence-electron chi connectivity index (χ1n) is 8.18. The molecule has 1 aliphatic rings. The van der Waals surface area contributed by atoms with E-state index in [1.165, 1.54) is 11.8 Å². The average Bonchev–Trinajstić information content (AvgIpc) is 3.20. The number of aromatic amines is 1. The maximum atomic E-state index is 11.7. The van der Waals surface area contributed by atoms with E-state index in [0.717, 1.165) is 40.3 Å². The molecule has 1 saturated carbocycles. The molecule has 0 bridgehead atoms. The zero-order chi connectivity index (χ0) is 16.5. The van der Waals surface area contributed by atoms with E-state index in [0.29, 0.717) is 18.3 Å². The maximum Gasteiger partial charge on any atom is 0.230 e. The van der Waals surface area contributed by atoms with Crippen LogP contribution in [0.5, 0.6) is 0 Å². The molecule has 2 aromatic heterocycles. The number of hydrogen-bond donors (Lipinski definition) is 2. The summed E-state index contributed by atoms with van der Waals surface area (Å²) in [5, 5.41) is 13.6. The number of carbonyl (C=O) groups excluding carboxylic acids is 1.